The predicted molar refractivity (Wildman–Crippen MR) is 65.0 cm³/mol. The zero-order valence-corrected chi connectivity index (χ0v) is 10.0. The molecular weight excluding hydrogens is 252 g/mol. The van der Waals surface area contributed by atoms with E-state index in [4.69, 9.17) is 9.68 Å². The molecule has 2 rings (SSSR count). The second kappa shape index (κ2) is 5.33. The SMILES string of the molecule is N#Cc1cncc(NC(=O)Cc2coc(S)n2)c1. The zero-order valence-electron chi connectivity index (χ0n) is 9.12. The number of anilines is 1. The van der Waals surface area contributed by atoms with E-state index in [2.05, 4.69) is 27.9 Å². The van der Waals surface area contributed by atoms with Gasteiger partial charge in [0.05, 0.1) is 29.6 Å². The second-order valence-corrected chi connectivity index (χ2v) is 3.80. The predicted octanol–water partition coefficient (Wildman–Crippen LogP) is 1.41. The first-order valence-corrected chi connectivity index (χ1v) is 5.40. The van der Waals surface area contributed by atoms with E-state index in [0.29, 0.717) is 16.9 Å². The van der Waals surface area contributed by atoms with Crippen LogP contribution in [0.1, 0.15) is 11.3 Å². The van der Waals surface area contributed by atoms with Gasteiger partial charge in [-0.1, -0.05) is 12.6 Å². The molecule has 0 bridgehead atoms. The first kappa shape index (κ1) is 12.1. The average Bonchev–Trinajstić information content (AvgIpc) is 2.74. The summed E-state index contributed by atoms with van der Waals surface area (Å²) in [5, 5.41) is 11.5. The molecule has 0 fully saturated rings. The molecule has 0 unspecified atom stereocenters. The van der Waals surface area contributed by atoms with Gasteiger partial charge in [0.25, 0.3) is 5.22 Å². The lowest BCUT2D eigenvalue weighted by Gasteiger charge is -2.02. The van der Waals surface area contributed by atoms with Gasteiger partial charge in [-0.25, -0.2) is 4.98 Å². The van der Waals surface area contributed by atoms with Crippen molar-refractivity contribution in [3.05, 3.63) is 36.0 Å². The van der Waals surface area contributed by atoms with Crippen molar-refractivity contribution in [1.29, 1.82) is 5.26 Å². The van der Waals surface area contributed by atoms with Crippen molar-refractivity contribution >= 4 is 24.2 Å². The Morgan fingerprint density at radius 1 is 1.56 bits per heavy atom. The van der Waals surface area contributed by atoms with Crippen LogP contribution in [0.5, 0.6) is 0 Å². The van der Waals surface area contributed by atoms with E-state index >= 15 is 0 Å². The van der Waals surface area contributed by atoms with Crippen LogP contribution >= 0.6 is 12.6 Å². The molecule has 0 aliphatic rings. The fourth-order valence-corrected chi connectivity index (χ4v) is 1.50. The Balaban J connectivity index is 2.01. The fourth-order valence-electron chi connectivity index (χ4n) is 1.32. The molecule has 2 aromatic heterocycles. The summed E-state index contributed by atoms with van der Waals surface area (Å²) in [5.74, 6) is -0.270. The number of thiol groups is 1. The van der Waals surface area contributed by atoms with Crippen molar-refractivity contribution in [2.24, 2.45) is 0 Å². The number of aromatic nitrogens is 2. The molecule has 0 saturated carbocycles. The smallest absolute Gasteiger partial charge is 0.252 e. The van der Waals surface area contributed by atoms with E-state index in [1.165, 1.54) is 24.7 Å². The number of amides is 1. The van der Waals surface area contributed by atoms with Crippen LogP contribution in [0.2, 0.25) is 0 Å². The summed E-state index contributed by atoms with van der Waals surface area (Å²) in [6.07, 6.45) is 4.32. The Hall–Kier alpha value is -2.33. The van der Waals surface area contributed by atoms with Gasteiger partial charge in [0, 0.05) is 6.20 Å². The summed E-state index contributed by atoms with van der Waals surface area (Å²) in [4.78, 5) is 19.4. The van der Waals surface area contributed by atoms with Crippen molar-refractivity contribution in [3.8, 4) is 6.07 Å². The molecule has 6 nitrogen and oxygen atoms in total. The average molecular weight is 260 g/mol. The minimum absolute atomic E-state index is 0.0703. The Morgan fingerprint density at radius 2 is 2.39 bits per heavy atom. The van der Waals surface area contributed by atoms with Crippen LogP contribution in [-0.2, 0) is 11.2 Å². The third kappa shape index (κ3) is 3.09. The van der Waals surface area contributed by atoms with Crippen LogP contribution < -0.4 is 5.32 Å². The van der Waals surface area contributed by atoms with Gasteiger partial charge in [-0.05, 0) is 6.07 Å². The molecule has 18 heavy (non-hydrogen) atoms. The lowest BCUT2D eigenvalue weighted by Crippen LogP contribution is -2.14. The van der Waals surface area contributed by atoms with Crippen LogP contribution in [0.3, 0.4) is 0 Å². The van der Waals surface area contributed by atoms with Crippen molar-refractivity contribution in [2.75, 3.05) is 5.32 Å². The Morgan fingerprint density at radius 3 is 3.06 bits per heavy atom. The molecule has 90 valence electrons. The normalized spacial score (nSPS) is 9.78. The lowest BCUT2D eigenvalue weighted by atomic mass is 10.2. The van der Waals surface area contributed by atoms with Gasteiger partial charge in [0.15, 0.2) is 0 Å². The summed E-state index contributed by atoms with van der Waals surface area (Å²) in [5.41, 5.74) is 1.34. The molecule has 0 atom stereocenters. The first-order valence-electron chi connectivity index (χ1n) is 4.96. The highest BCUT2D eigenvalue weighted by Crippen LogP contribution is 2.10. The highest BCUT2D eigenvalue weighted by atomic mass is 32.1. The maximum atomic E-state index is 11.7. The van der Waals surface area contributed by atoms with Crippen LogP contribution in [0.15, 0.2) is 34.4 Å². The summed E-state index contributed by atoms with van der Waals surface area (Å²) in [6.45, 7) is 0. The minimum atomic E-state index is -0.270. The highest BCUT2D eigenvalue weighted by molar-refractivity contribution is 7.80. The third-order valence-corrected chi connectivity index (χ3v) is 2.24. The van der Waals surface area contributed by atoms with Gasteiger partial charge in [0.2, 0.25) is 5.91 Å². The van der Waals surface area contributed by atoms with Crippen molar-refractivity contribution in [1.82, 2.24) is 9.97 Å². The summed E-state index contributed by atoms with van der Waals surface area (Å²) < 4.78 is 4.87. The van der Waals surface area contributed by atoms with E-state index in [1.807, 2.05) is 6.07 Å². The van der Waals surface area contributed by atoms with Crippen LogP contribution in [0, 0.1) is 11.3 Å². The molecule has 1 amide bonds. The van der Waals surface area contributed by atoms with E-state index in [0.717, 1.165) is 0 Å². The number of pyridine rings is 1. The monoisotopic (exact) mass is 260 g/mol. The van der Waals surface area contributed by atoms with Crippen molar-refractivity contribution in [2.45, 2.75) is 11.6 Å². The number of nitriles is 1. The third-order valence-electron chi connectivity index (χ3n) is 2.03. The van der Waals surface area contributed by atoms with E-state index in [-0.39, 0.29) is 17.6 Å². The van der Waals surface area contributed by atoms with Crippen molar-refractivity contribution in [3.63, 3.8) is 0 Å². The first-order chi connectivity index (χ1) is 8.67. The van der Waals surface area contributed by atoms with Crippen LogP contribution in [0.25, 0.3) is 0 Å². The van der Waals surface area contributed by atoms with Crippen molar-refractivity contribution < 1.29 is 9.21 Å². The number of nitrogens with one attached hydrogen (secondary N) is 1. The number of carbonyl (C=O) groups is 1. The molecule has 0 radical (unpaired) electrons. The number of oxazole rings is 1. The molecule has 0 saturated heterocycles. The van der Waals surface area contributed by atoms with Gasteiger partial charge in [-0.15, -0.1) is 0 Å². The molecule has 0 aromatic carbocycles. The topological polar surface area (TPSA) is 91.8 Å². The molecular formula is C11H8N4O2S. The van der Waals surface area contributed by atoms with E-state index in [1.54, 1.807) is 0 Å². The number of rotatable bonds is 3. The number of hydrogen-bond donors (Lipinski definition) is 2. The van der Waals surface area contributed by atoms with Crippen LogP contribution in [0.4, 0.5) is 5.69 Å². The molecule has 0 aliphatic heterocycles. The lowest BCUT2D eigenvalue weighted by molar-refractivity contribution is -0.115. The molecule has 2 heterocycles. The van der Waals surface area contributed by atoms with Gasteiger partial charge >= 0.3 is 0 Å². The molecule has 0 spiro atoms. The maximum absolute atomic E-state index is 11.7. The van der Waals surface area contributed by atoms with E-state index in [9.17, 15) is 4.79 Å². The zero-order chi connectivity index (χ0) is 13.0. The fraction of sp³-hybridized carbons (Fsp3) is 0.0909. The minimum Gasteiger partial charge on any atom is -0.440 e. The number of carbonyl (C=O) groups excluding carboxylic acids is 1. The molecule has 0 aliphatic carbocycles. The summed E-state index contributed by atoms with van der Waals surface area (Å²) >= 11 is 3.90. The second-order valence-electron chi connectivity index (χ2n) is 3.42. The summed E-state index contributed by atoms with van der Waals surface area (Å²) in [6, 6.07) is 3.48. The molecule has 2 aromatic rings. The molecule has 1 N–H and O–H groups in total. The van der Waals surface area contributed by atoms with Crippen LogP contribution in [-0.4, -0.2) is 15.9 Å². The Labute approximate surface area is 108 Å². The van der Waals surface area contributed by atoms with Gasteiger partial charge in [0.1, 0.15) is 12.3 Å². The summed E-state index contributed by atoms with van der Waals surface area (Å²) in [7, 11) is 0. The number of nitrogens with zero attached hydrogens (tertiary/aromatic N) is 3. The molecule has 7 heteroatoms. The Kier molecular flexibility index (Phi) is 3.60. The van der Waals surface area contributed by atoms with Gasteiger partial charge < -0.3 is 9.73 Å². The number of hydrogen-bond acceptors (Lipinski definition) is 6. The van der Waals surface area contributed by atoms with Gasteiger partial charge in [-0.3, -0.25) is 9.78 Å². The largest absolute Gasteiger partial charge is 0.440 e. The van der Waals surface area contributed by atoms with Gasteiger partial charge in [-0.2, -0.15) is 5.26 Å². The highest BCUT2D eigenvalue weighted by Gasteiger charge is 2.08. The quantitative estimate of drug-likeness (QED) is 0.814. The standard InChI is InChI=1S/C11H8N4O2S/c12-3-7-1-8(5-13-4-7)14-10(16)2-9-6-17-11(18)15-9/h1,4-6H,2H2,(H,14,16)(H,15,18). The Bertz CT molecular complexity index is 618. The maximum Gasteiger partial charge on any atom is 0.252 e. The van der Waals surface area contributed by atoms with E-state index < -0.39 is 0 Å².